The Hall–Kier alpha value is -2.70. The number of rotatable bonds is 53. The average Bonchev–Trinajstić information content (AvgIpc) is 3.34. The lowest BCUT2D eigenvalue weighted by molar-refractivity contribution is -0.150. The van der Waals surface area contributed by atoms with Gasteiger partial charge >= 0.3 is 5.97 Å². The third-order valence-corrected chi connectivity index (χ3v) is 13.3. The second kappa shape index (κ2) is 56.2. The van der Waals surface area contributed by atoms with Crippen LogP contribution in [0.25, 0.3) is 0 Å². The van der Waals surface area contributed by atoms with E-state index in [1.165, 1.54) is 167 Å². The second-order valence-electron chi connectivity index (χ2n) is 20.0. The van der Waals surface area contributed by atoms with Crippen LogP contribution in [0.3, 0.4) is 0 Å². The van der Waals surface area contributed by atoms with Gasteiger partial charge in [-0.15, -0.1) is 0 Å². The summed E-state index contributed by atoms with van der Waals surface area (Å²) < 4.78 is 5.92. The Morgan fingerprint density at radius 2 is 0.783 bits per heavy atom. The normalized spacial score (nSPS) is 13.6. The number of nitrogens with one attached hydrogen (secondary N) is 1. The molecule has 6 nitrogen and oxygen atoms in total. The first-order valence-corrected chi connectivity index (χ1v) is 29.7. The smallest absolute Gasteiger partial charge is 0.306 e. The van der Waals surface area contributed by atoms with E-state index in [1.54, 1.807) is 0 Å². The Bertz CT molecular complexity index is 1270. The van der Waals surface area contributed by atoms with Crippen molar-refractivity contribution in [3.8, 4) is 0 Å². The first-order chi connectivity index (χ1) is 34.0. The lowest BCUT2D eigenvalue weighted by atomic mass is 10.0. The molecule has 0 aliphatic carbocycles. The van der Waals surface area contributed by atoms with E-state index < -0.39 is 18.2 Å². The Labute approximate surface area is 428 Å². The fraction of sp³-hybridized carbons (Fsp3) is 0.778. The van der Waals surface area contributed by atoms with Crippen molar-refractivity contribution in [3.05, 3.63) is 72.9 Å². The SMILES string of the molecule is CC/C=C/C/C=C/C/C=C/C/C=C/C/C=C/CCC(=O)OC(CCCCCCCCC/C=C/CCCCCCCC)CC(=O)NC(CO)C(O)CCCCCCCCCCCCCCCCCCC. The van der Waals surface area contributed by atoms with E-state index >= 15 is 0 Å². The molecule has 0 rings (SSSR count). The van der Waals surface area contributed by atoms with Crippen LogP contribution in [-0.4, -0.2) is 46.9 Å². The number of hydrogen-bond acceptors (Lipinski definition) is 5. The maximum Gasteiger partial charge on any atom is 0.306 e. The molecule has 6 heteroatoms. The number of unbranched alkanes of at least 4 members (excludes halogenated alkanes) is 29. The van der Waals surface area contributed by atoms with Crippen molar-refractivity contribution in [1.29, 1.82) is 0 Å². The first-order valence-electron chi connectivity index (χ1n) is 29.7. The molecule has 3 N–H and O–H groups in total. The molecule has 0 saturated heterocycles. The molecule has 0 spiro atoms. The molecule has 3 atom stereocenters. The van der Waals surface area contributed by atoms with Crippen LogP contribution in [0.5, 0.6) is 0 Å². The number of amides is 1. The average molecular weight is 965 g/mol. The topological polar surface area (TPSA) is 95.9 Å². The molecular weight excluding hydrogens is 851 g/mol. The third-order valence-electron chi connectivity index (χ3n) is 13.3. The Morgan fingerprint density at radius 1 is 0.435 bits per heavy atom. The highest BCUT2D eigenvalue weighted by atomic mass is 16.5. The molecule has 0 aromatic rings. The van der Waals surface area contributed by atoms with Crippen LogP contribution in [0.15, 0.2) is 72.9 Å². The van der Waals surface area contributed by atoms with Gasteiger partial charge < -0.3 is 20.3 Å². The molecular formula is C63H113NO5. The largest absolute Gasteiger partial charge is 0.462 e. The van der Waals surface area contributed by atoms with E-state index in [0.29, 0.717) is 19.3 Å². The summed E-state index contributed by atoms with van der Waals surface area (Å²) in [5, 5.41) is 23.9. The van der Waals surface area contributed by atoms with E-state index in [1.807, 2.05) is 6.08 Å². The van der Waals surface area contributed by atoms with E-state index in [-0.39, 0.29) is 31.3 Å². The van der Waals surface area contributed by atoms with Crippen LogP contribution in [-0.2, 0) is 14.3 Å². The van der Waals surface area contributed by atoms with Gasteiger partial charge in [-0.3, -0.25) is 9.59 Å². The van der Waals surface area contributed by atoms with Gasteiger partial charge in [0.25, 0.3) is 0 Å². The van der Waals surface area contributed by atoms with Gasteiger partial charge in [0.2, 0.25) is 5.91 Å². The summed E-state index contributed by atoms with van der Waals surface area (Å²) in [6.07, 6.45) is 72.6. The summed E-state index contributed by atoms with van der Waals surface area (Å²) in [5.74, 6) is -0.570. The number of ether oxygens (including phenoxy) is 1. The van der Waals surface area contributed by atoms with E-state index in [0.717, 1.165) is 70.6 Å². The van der Waals surface area contributed by atoms with Crippen molar-refractivity contribution >= 4 is 11.9 Å². The number of carbonyl (C=O) groups is 2. The maximum atomic E-state index is 13.3. The lowest BCUT2D eigenvalue weighted by Gasteiger charge is -2.24. The highest BCUT2D eigenvalue weighted by Crippen LogP contribution is 2.18. The molecule has 0 heterocycles. The van der Waals surface area contributed by atoms with Crippen molar-refractivity contribution in [2.75, 3.05) is 6.61 Å². The molecule has 0 aromatic carbocycles. The Balaban J connectivity index is 4.64. The van der Waals surface area contributed by atoms with Crippen LogP contribution in [0.4, 0.5) is 0 Å². The molecule has 0 saturated carbocycles. The lowest BCUT2D eigenvalue weighted by Crippen LogP contribution is -2.46. The maximum absolute atomic E-state index is 13.3. The molecule has 0 aliphatic heterocycles. The van der Waals surface area contributed by atoms with Gasteiger partial charge in [0.15, 0.2) is 0 Å². The molecule has 1 amide bonds. The van der Waals surface area contributed by atoms with Crippen molar-refractivity contribution in [1.82, 2.24) is 5.32 Å². The number of aliphatic hydroxyl groups excluding tert-OH is 2. The molecule has 0 aromatic heterocycles. The van der Waals surface area contributed by atoms with E-state index in [4.69, 9.17) is 4.74 Å². The number of hydrogen-bond donors (Lipinski definition) is 3. The molecule has 69 heavy (non-hydrogen) atoms. The first kappa shape index (κ1) is 66.3. The zero-order valence-electron chi connectivity index (χ0n) is 45.7. The fourth-order valence-electron chi connectivity index (χ4n) is 8.83. The minimum atomic E-state index is -0.805. The summed E-state index contributed by atoms with van der Waals surface area (Å²) in [6, 6.07) is -0.721. The van der Waals surface area contributed by atoms with Crippen LogP contribution < -0.4 is 5.32 Å². The van der Waals surface area contributed by atoms with E-state index in [2.05, 4.69) is 92.9 Å². The minimum absolute atomic E-state index is 0.0438. The summed E-state index contributed by atoms with van der Waals surface area (Å²) in [4.78, 5) is 26.3. The predicted molar refractivity (Wildman–Crippen MR) is 301 cm³/mol. The van der Waals surface area contributed by atoms with E-state index in [9.17, 15) is 19.8 Å². The number of carbonyl (C=O) groups excluding carboxylic acids is 2. The van der Waals surface area contributed by atoms with Gasteiger partial charge in [-0.05, 0) is 83.5 Å². The van der Waals surface area contributed by atoms with Gasteiger partial charge in [0.1, 0.15) is 6.10 Å². The minimum Gasteiger partial charge on any atom is -0.462 e. The zero-order chi connectivity index (χ0) is 50.2. The number of aliphatic hydroxyl groups is 2. The van der Waals surface area contributed by atoms with Gasteiger partial charge in [-0.25, -0.2) is 0 Å². The summed E-state index contributed by atoms with van der Waals surface area (Å²) in [7, 11) is 0. The second-order valence-corrected chi connectivity index (χ2v) is 20.0. The van der Waals surface area contributed by atoms with Crippen molar-refractivity contribution in [3.63, 3.8) is 0 Å². The molecule has 0 bridgehead atoms. The third kappa shape index (κ3) is 51.5. The highest BCUT2D eigenvalue weighted by Gasteiger charge is 2.24. The molecule has 400 valence electrons. The predicted octanol–water partition coefficient (Wildman–Crippen LogP) is 18.5. The Kier molecular flexibility index (Phi) is 54.0. The van der Waals surface area contributed by atoms with Gasteiger partial charge in [0.05, 0.1) is 25.2 Å². The molecule has 3 unspecified atom stereocenters. The van der Waals surface area contributed by atoms with Crippen LogP contribution in [0.1, 0.15) is 290 Å². The Morgan fingerprint density at radius 3 is 1.19 bits per heavy atom. The summed E-state index contributed by atoms with van der Waals surface area (Å²) in [6.45, 7) is 6.38. The van der Waals surface area contributed by atoms with Crippen LogP contribution in [0.2, 0.25) is 0 Å². The van der Waals surface area contributed by atoms with Crippen molar-refractivity contribution in [2.24, 2.45) is 0 Å². The quantitative estimate of drug-likeness (QED) is 0.0321. The van der Waals surface area contributed by atoms with Crippen molar-refractivity contribution in [2.45, 2.75) is 309 Å². The van der Waals surface area contributed by atoms with Crippen LogP contribution >= 0.6 is 0 Å². The fourth-order valence-corrected chi connectivity index (χ4v) is 8.83. The zero-order valence-corrected chi connectivity index (χ0v) is 45.7. The summed E-state index contributed by atoms with van der Waals surface area (Å²) in [5.41, 5.74) is 0. The number of allylic oxidation sites excluding steroid dienone is 12. The highest BCUT2D eigenvalue weighted by molar-refractivity contribution is 5.77. The number of esters is 1. The standard InChI is InChI=1S/C63H113NO5/c1-4-7-10-13-16-19-22-25-28-31-33-36-39-42-45-48-51-54-59(69-63(68)56-53-50-47-44-41-38-35-30-27-24-21-18-15-12-9-6-3)57-62(67)64-60(58-65)61(66)55-52-49-46-43-40-37-34-32-29-26-23-20-17-14-11-8-5-2/h9,12,18,21,25,27-28,30,38,41,47,50,59-61,65-66H,4-8,10-11,13-17,19-20,22-24,26,29,31-37,39-40,42-46,48-49,51-58H2,1-3H3,(H,64,67)/b12-9+,21-18+,28-25+,30-27+,41-38+,50-47+. The van der Waals surface area contributed by atoms with Crippen LogP contribution in [0, 0.1) is 0 Å². The van der Waals surface area contributed by atoms with Crippen molar-refractivity contribution < 1.29 is 24.5 Å². The molecule has 0 aliphatic rings. The van der Waals surface area contributed by atoms with Gasteiger partial charge in [0, 0.05) is 6.42 Å². The molecule has 0 fully saturated rings. The summed E-state index contributed by atoms with van der Waals surface area (Å²) >= 11 is 0. The van der Waals surface area contributed by atoms with Gasteiger partial charge in [-0.2, -0.15) is 0 Å². The molecule has 0 radical (unpaired) electrons. The van der Waals surface area contributed by atoms with Gasteiger partial charge in [-0.1, -0.05) is 267 Å². The monoisotopic (exact) mass is 964 g/mol.